The Balaban J connectivity index is 1.45. The molecule has 0 spiro atoms. The lowest BCUT2D eigenvalue weighted by Gasteiger charge is -2.33. The van der Waals surface area contributed by atoms with Crippen LogP contribution in [-0.4, -0.2) is 58.7 Å². The van der Waals surface area contributed by atoms with Crippen LogP contribution in [0.5, 0.6) is 0 Å². The van der Waals surface area contributed by atoms with Gasteiger partial charge in [-0.05, 0) is 43.7 Å². The van der Waals surface area contributed by atoms with Crippen LogP contribution in [0.25, 0.3) is 0 Å². The van der Waals surface area contributed by atoms with Crippen LogP contribution in [0.4, 0.5) is 0 Å². The number of amides is 2. The van der Waals surface area contributed by atoms with Crippen molar-refractivity contribution >= 4 is 11.8 Å². The minimum atomic E-state index is -0.0306. The van der Waals surface area contributed by atoms with Crippen LogP contribution >= 0.6 is 0 Å². The van der Waals surface area contributed by atoms with E-state index in [9.17, 15) is 9.59 Å². The summed E-state index contributed by atoms with van der Waals surface area (Å²) >= 11 is 0. The topological polar surface area (TPSA) is 79.3 Å². The summed E-state index contributed by atoms with van der Waals surface area (Å²) in [5.41, 5.74) is 0.949. The second kappa shape index (κ2) is 7.79. The maximum absolute atomic E-state index is 12.5. The lowest BCUT2D eigenvalue weighted by atomic mass is 9.97. The van der Waals surface area contributed by atoms with Crippen molar-refractivity contribution in [2.45, 2.75) is 38.1 Å². The van der Waals surface area contributed by atoms with E-state index in [4.69, 9.17) is 0 Å². The molecule has 0 bridgehead atoms. The van der Waals surface area contributed by atoms with Crippen molar-refractivity contribution in [1.29, 1.82) is 0 Å². The molecule has 7 heteroatoms. The van der Waals surface area contributed by atoms with Gasteiger partial charge in [-0.1, -0.05) is 0 Å². The van der Waals surface area contributed by atoms with Crippen LogP contribution in [0, 0.1) is 5.92 Å². The second-order valence-electron chi connectivity index (χ2n) is 6.94. The smallest absolute Gasteiger partial charge is 0.237 e. The number of hydrogen-bond acceptors (Lipinski definition) is 4. The number of nitrogens with zero attached hydrogens (tertiary/aromatic N) is 3. The van der Waals surface area contributed by atoms with E-state index in [1.807, 2.05) is 18.1 Å². The number of likely N-dealkylation sites (tertiary alicyclic amines) is 1. The third kappa shape index (κ3) is 4.35. The molecule has 3 heterocycles. The number of nitrogens with one attached hydrogen (secondary N) is 2. The molecule has 2 aliphatic heterocycles. The van der Waals surface area contributed by atoms with E-state index in [-0.39, 0.29) is 17.9 Å². The van der Waals surface area contributed by atoms with Crippen molar-refractivity contribution in [3.8, 4) is 0 Å². The highest BCUT2D eigenvalue weighted by molar-refractivity contribution is 5.82. The summed E-state index contributed by atoms with van der Waals surface area (Å²) in [6.45, 7) is 3.14. The first-order chi connectivity index (χ1) is 11.6. The first-order valence-electron chi connectivity index (χ1n) is 8.88. The van der Waals surface area contributed by atoms with Crippen molar-refractivity contribution in [2.75, 3.05) is 26.2 Å². The van der Waals surface area contributed by atoms with Gasteiger partial charge in [0.05, 0.1) is 18.7 Å². The lowest BCUT2D eigenvalue weighted by molar-refractivity contribution is -0.132. The number of hydrogen-bond donors (Lipinski definition) is 2. The molecule has 0 saturated carbocycles. The largest absolute Gasteiger partial charge is 0.354 e. The Bertz CT molecular complexity index is 579. The molecule has 1 aromatic rings. The molecule has 3 rings (SSSR count). The van der Waals surface area contributed by atoms with E-state index >= 15 is 0 Å². The number of rotatable bonds is 5. The van der Waals surface area contributed by atoms with Crippen LogP contribution in [0.3, 0.4) is 0 Å². The Hall–Kier alpha value is -1.89. The van der Waals surface area contributed by atoms with Crippen molar-refractivity contribution in [1.82, 2.24) is 25.3 Å². The Kier molecular flexibility index (Phi) is 5.50. The average Bonchev–Trinajstić information content (AvgIpc) is 3.25. The standard InChI is InChI=1S/C17H27N5O2/c1-21-11-14(10-20-21)8-16(23)22-7-3-4-13(12-22)9-19-17(24)15-5-2-6-18-15/h10-11,13,15,18H,2-9,12H2,1H3,(H,19,24). The Morgan fingerprint density at radius 2 is 2.25 bits per heavy atom. The molecule has 132 valence electrons. The van der Waals surface area contributed by atoms with Gasteiger partial charge >= 0.3 is 0 Å². The van der Waals surface area contributed by atoms with Gasteiger partial charge in [0.2, 0.25) is 11.8 Å². The van der Waals surface area contributed by atoms with Crippen LogP contribution in [-0.2, 0) is 23.1 Å². The minimum Gasteiger partial charge on any atom is -0.354 e. The van der Waals surface area contributed by atoms with Crippen molar-refractivity contribution in [2.24, 2.45) is 13.0 Å². The second-order valence-corrected chi connectivity index (χ2v) is 6.94. The van der Waals surface area contributed by atoms with E-state index in [0.717, 1.165) is 50.9 Å². The summed E-state index contributed by atoms with van der Waals surface area (Å²) < 4.78 is 1.72. The molecule has 2 atom stereocenters. The molecular weight excluding hydrogens is 306 g/mol. The van der Waals surface area contributed by atoms with Crippen LogP contribution in [0.15, 0.2) is 12.4 Å². The SMILES string of the molecule is Cn1cc(CC(=O)N2CCCC(CNC(=O)C3CCCN3)C2)cn1. The molecule has 7 nitrogen and oxygen atoms in total. The highest BCUT2D eigenvalue weighted by Crippen LogP contribution is 2.17. The Labute approximate surface area is 142 Å². The van der Waals surface area contributed by atoms with Gasteiger partial charge in [-0.3, -0.25) is 14.3 Å². The zero-order valence-electron chi connectivity index (χ0n) is 14.3. The maximum Gasteiger partial charge on any atom is 0.237 e. The van der Waals surface area contributed by atoms with E-state index in [1.165, 1.54) is 0 Å². The summed E-state index contributed by atoms with van der Waals surface area (Å²) in [6.07, 6.45) is 8.08. The van der Waals surface area contributed by atoms with Crippen molar-refractivity contribution in [3.05, 3.63) is 18.0 Å². The van der Waals surface area contributed by atoms with Gasteiger partial charge in [-0.2, -0.15) is 5.10 Å². The first kappa shape index (κ1) is 17.0. The molecule has 0 radical (unpaired) electrons. The van der Waals surface area contributed by atoms with E-state index in [0.29, 0.717) is 18.9 Å². The molecule has 0 aliphatic carbocycles. The fourth-order valence-electron chi connectivity index (χ4n) is 3.58. The first-order valence-corrected chi connectivity index (χ1v) is 8.88. The summed E-state index contributed by atoms with van der Waals surface area (Å²) in [5, 5.41) is 10.4. The minimum absolute atomic E-state index is 0.0306. The number of piperidine rings is 1. The summed E-state index contributed by atoms with van der Waals surface area (Å²) in [7, 11) is 1.85. The fourth-order valence-corrected chi connectivity index (χ4v) is 3.58. The Morgan fingerprint density at radius 1 is 1.38 bits per heavy atom. The van der Waals surface area contributed by atoms with E-state index in [1.54, 1.807) is 10.9 Å². The van der Waals surface area contributed by atoms with Gasteiger partial charge < -0.3 is 15.5 Å². The predicted molar refractivity (Wildman–Crippen MR) is 90.3 cm³/mol. The van der Waals surface area contributed by atoms with Crippen LogP contribution < -0.4 is 10.6 Å². The molecule has 2 fully saturated rings. The zero-order chi connectivity index (χ0) is 16.9. The molecule has 2 N–H and O–H groups in total. The van der Waals surface area contributed by atoms with Crippen molar-refractivity contribution < 1.29 is 9.59 Å². The zero-order valence-corrected chi connectivity index (χ0v) is 14.3. The monoisotopic (exact) mass is 333 g/mol. The van der Waals surface area contributed by atoms with Crippen LogP contribution in [0.1, 0.15) is 31.2 Å². The van der Waals surface area contributed by atoms with Gasteiger partial charge in [-0.15, -0.1) is 0 Å². The number of aryl methyl sites for hydroxylation is 1. The maximum atomic E-state index is 12.5. The third-order valence-electron chi connectivity index (χ3n) is 4.93. The fraction of sp³-hybridized carbons (Fsp3) is 0.706. The molecule has 2 aliphatic rings. The normalized spacial score (nSPS) is 24.1. The molecular formula is C17H27N5O2. The quantitative estimate of drug-likeness (QED) is 0.799. The van der Waals surface area contributed by atoms with E-state index in [2.05, 4.69) is 15.7 Å². The van der Waals surface area contributed by atoms with Gasteiger partial charge in [0, 0.05) is 32.9 Å². The summed E-state index contributed by atoms with van der Waals surface area (Å²) in [6, 6.07) is -0.0306. The molecule has 2 amide bonds. The lowest BCUT2D eigenvalue weighted by Crippen LogP contribution is -2.47. The van der Waals surface area contributed by atoms with Crippen molar-refractivity contribution in [3.63, 3.8) is 0 Å². The highest BCUT2D eigenvalue weighted by Gasteiger charge is 2.26. The Morgan fingerprint density at radius 3 is 2.96 bits per heavy atom. The molecule has 2 unspecified atom stereocenters. The summed E-state index contributed by atoms with van der Waals surface area (Å²) in [4.78, 5) is 26.5. The molecule has 1 aromatic heterocycles. The van der Waals surface area contributed by atoms with Gasteiger partial charge in [0.15, 0.2) is 0 Å². The number of carbonyl (C=O) groups excluding carboxylic acids is 2. The summed E-state index contributed by atoms with van der Waals surface area (Å²) in [5.74, 6) is 0.602. The van der Waals surface area contributed by atoms with Gasteiger partial charge in [-0.25, -0.2) is 0 Å². The van der Waals surface area contributed by atoms with E-state index < -0.39 is 0 Å². The van der Waals surface area contributed by atoms with Crippen LogP contribution in [0.2, 0.25) is 0 Å². The molecule has 24 heavy (non-hydrogen) atoms. The average molecular weight is 333 g/mol. The molecule has 2 saturated heterocycles. The molecule has 0 aromatic carbocycles. The predicted octanol–water partition coefficient (Wildman–Crippen LogP) is 0.0694. The van der Waals surface area contributed by atoms with Gasteiger partial charge in [0.1, 0.15) is 0 Å². The van der Waals surface area contributed by atoms with Gasteiger partial charge in [0.25, 0.3) is 0 Å². The number of aromatic nitrogens is 2. The highest BCUT2D eigenvalue weighted by atomic mass is 16.2. The number of carbonyl (C=O) groups is 2. The third-order valence-corrected chi connectivity index (χ3v) is 4.93.